The molecule has 1 unspecified atom stereocenters. The lowest BCUT2D eigenvalue weighted by atomic mass is 10.1. The lowest BCUT2D eigenvalue weighted by molar-refractivity contribution is 0.160. The lowest BCUT2D eigenvalue weighted by Crippen LogP contribution is -2.30. The highest BCUT2D eigenvalue weighted by Crippen LogP contribution is 2.17. The van der Waals surface area contributed by atoms with Gasteiger partial charge in [0, 0.05) is 19.7 Å². The molecule has 1 rings (SSSR count). The van der Waals surface area contributed by atoms with Crippen molar-refractivity contribution in [3.8, 4) is 0 Å². The standard InChI is InChI=1S/C14H24N2O2/c1-3-12(11-17)9-16(4-2)10-13-7-5-6-8-14(13)15-18/h5-8,12,15,17-18H,3-4,9-11H2,1-2H3. The van der Waals surface area contributed by atoms with Crippen molar-refractivity contribution in [2.75, 3.05) is 25.2 Å². The highest BCUT2D eigenvalue weighted by Gasteiger charge is 2.12. The number of hydrogen-bond acceptors (Lipinski definition) is 4. The number of para-hydroxylation sites is 1. The molecule has 0 heterocycles. The van der Waals surface area contributed by atoms with E-state index in [0.717, 1.165) is 37.3 Å². The Hall–Kier alpha value is -1.10. The van der Waals surface area contributed by atoms with Crippen LogP contribution in [-0.4, -0.2) is 34.9 Å². The molecule has 1 aromatic rings. The molecule has 0 aliphatic heterocycles. The number of aliphatic hydroxyl groups excluding tert-OH is 1. The molecule has 0 amide bonds. The van der Waals surface area contributed by atoms with Gasteiger partial charge in [0.05, 0.1) is 5.69 Å². The Morgan fingerprint density at radius 3 is 2.56 bits per heavy atom. The largest absolute Gasteiger partial charge is 0.396 e. The number of nitrogens with zero attached hydrogens (tertiary/aromatic N) is 1. The first-order valence-corrected chi connectivity index (χ1v) is 6.56. The van der Waals surface area contributed by atoms with Crippen molar-refractivity contribution in [2.24, 2.45) is 5.92 Å². The Labute approximate surface area is 109 Å². The van der Waals surface area contributed by atoms with Gasteiger partial charge < -0.3 is 5.11 Å². The second kappa shape index (κ2) is 8.08. The number of aliphatic hydroxyl groups is 1. The first-order chi connectivity index (χ1) is 8.74. The molecule has 4 nitrogen and oxygen atoms in total. The quantitative estimate of drug-likeness (QED) is 0.622. The summed E-state index contributed by atoms with van der Waals surface area (Å²) < 4.78 is 0. The van der Waals surface area contributed by atoms with Crippen molar-refractivity contribution < 1.29 is 10.3 Å². The summed E-state index contributed by atoms with van der Waals surface area (Å²) >= 11 is 0. The molecule has 18 heavy (non-hydrogen) atoms. The zero-order valence-electron chi connectivity index (χ0n) is 11.3. The predicted molar refractivity (Wildman–Crippen MR) is 73.7 cm³/mol. The maximum atomic E-state index is 9.26. The third-order valence-electron chi connectivity index (χ3n) is 3.33. The fourth-order valence-electron chi connectivity index (χ4n) is 1.99. The van der Waals surface area contributed by atoms with Gasteiger partial charge in [-0.2, -0.15) is 0 Å². The van der Waals surface area contributed by atoms with Crippen LogP contribution in [0.4, 0.5) is 5.69 Å². The topological polar surface area (TPSA) is 55.7 Å². The maximum Gasteiger partial charge on any atom is 0.0647 e. The van der Waals surface area contributed by atoms with Gasteiger partial charge in [0.25, 0.3) is 0 Å². The molecule has 0 saturated carbocycles. The smallest absolute Gasteiger partial charge is 0.0647 e. The number of hydrogen-bond donors (Lipinski definition) is 3. The van der Waals surface area contributed by atoms with Gasteiger partial charge >= 0.3 is 0 Å². The van der Waals surface area contributed by atoms with Crippen LogP contribution in [-0.2, 0) is 6.54 Å². The Bertz CT molecular complexity index is 340. The molecule has 102 valence electrons. The molecular weight excluding hydrogens is 228 g/mol. The van der Waals surface area contributed by atoms with Crippen LogP contribution in [0.1, 0.15) is 25.8 Å². The number of anilines is 1. The van der Waals surface area contributed by atoms with Gasteiger partial charge in [-0.3, -0.25) is 15.6 Å². The summed E-state index contributed by atoms with van der Waals surface area (Å²) in [5.74, 6) is 0.319. The molecule has 0 aromatic heterocycles. The Balaban J connectivity index is 2.67. The van der Waals surface area contributed by atoms with Gasteiger partial charge in [-0.05, 0) is 30.5 Å². The molecular formula is C14H24N2O2. The molecule has 0 radical (unpaired) electrons. The number of rotatable bonds is 8. The van der Waals surface area contributed by atoms with Crippen LogP contribution in [0.25, 0.3) is 0 Å². The molecule has 3 N–H and O–H groups in total. The minimum absolute atomic E-state index is 0.229. The first kappa shape index (κ1) is 15.0. The fourth-order valence-corrected chi connectivity index (χ4v) is 1.99. The van der Waals surface area contributed by atoms with Crippen LogP contribution in [0.5, 0.6) is 0 Å². The van der Waals surface area contributed by atoms with Gasteiger partial charge in [-0.25, -0.2) is 0 Å². The van der Waals surface area contributed by atoms with E-state index in [-0.39, 0.29) is 6.61 Å². The van der Waals surface area contributed by atoms with E-state index < -0.39 is 0 Å². The van der Waals surface area contributed by atoms with Crippen molar-refractivity contribution in [1.82, 2.24) is 4.90 Å². The second-order valence-electron chi connectivity index (χ2n) is 4.55. The van der Waals surface area contributed by atoms with Gasteiger partial charge in [0.15, 0.2) is 0 Å². The summed E-state index contributed by atoms with van der Waals surface area (Å²) in [6, 6.07) is 7.71. The molecule has 0 aliphatic rings. The van der Waals surface area contributed by atoms with E-state index in [1.807, 2.05) is 24.3 Å². The molecule has 1 atom stereocenters. The summed E-state index contributed by atoms with van der Waals surface area (Å²) in [6.07, 6.45) is 0.979. The van der Waals surface area contributed by atoms with E-state index in [4.69, 9.17) is 5.21 Å². The minimum atomic E-state index is 0.229. The van der Waals surface area contributed by atoms with Gasteiger partial charge in [-0.15, -0.1) is 0 Å². The number of benzene rings is 1. The Morgan fingerprint density at radius 2 is 2.00 bits per heavy atom. The van der Waals surface area contributed by atoms with Crippen LogP contribution in [0.3, 0.4) is 0 Å². The summed E-state index contributed by atoms with van der Waals surface area (Å²) in [4.78, 5) is 2.28. The number of nitrogens with one attached hydrogen (secondary N) is 1. The molecule has 1 aromatic carbocycles. The van der Waals surface area contributed by atoms with E-state index >= 15 is 0 Å². The average Bonchev–Trinajstić information content (AvgIpc) is 2.43. The van der Waals surface area contributed by atoms with Crippen LogP contribution >= 0.6 is 0 Å². The Morgan fingerprint density at radius 1 is 1.28 bits per heavy atom. The highest BCUT2D eigenvalue weighted by atomic mass is 16.5. The third-order valence-corrected chi connectivity index (χ3v) is 3.33. The van der Waals surface area contributed by atoms with Gasteiger partial charge in [0.2, 0.25) is 0 Å². The van der Waals surface area contributed by atoms with Crippen LogP contribution in [0.15, 0.2) is 24.3 Å². The van der Waals surface area contributed by atoms with Crippen LogP contribution in [0.2, 0.25) is 0 Å². The van der Waals surface area contributed by atoms with Crippen molar-refractivity contribution >= 4 is 5.69 Å². The average molecular weight is 252 g/mol. The molecule has 4 heteroatoms. The molecule has 0 bridgehead atoms. The predicted octanol–water partition coefficient (Wildman–Crippen LogP) is 2.33. The summed E-state index contributed by atoms with van der Waals surface area (Å²) in [6.45, 7) is 7.01. The normalized spacial score (nSPS) is 12.7. The van der Waals surface area contributed by atoms with E-state index in [2.05, 4.69) is 24.2 Å². The summed E-state index contributed by atoms with van der Waals surface area (Å²) in [5.41, 5.74) is 4.04. The molecule has 0 aliphatic carbocycles. The fraction of sp³-hybridized carbons (Fsp3) is 0.571. The molecule has 0 fully saturated rings. The van der Waals surface area contributed by atoms with E-state index in [1.54, 1.807) is 0 Å². The monoisotopic (exact) mass is 252 g/mol. The highest BCUT2D eigenvalue weighted by molar-refractivity contribution is 5.48. The van der Waals surface area contributed by atoms with Crippen LogP contribution in [0, 0.1) is 5.92 Å². The lowest BCUT2D eigenvalue weighted by Gasteiger charge is -2.25. The van der Waals surface area contributed by atoms with Crippen molar-refractivity contribution in [3.05, 3.63) is 29.8 Å². The zero-order chi connectivity index (χ0) is 13.4. The van der Waals surface area contributed by atoms with Crippen molar-refractivity contribution in [2.45, 2.75) is 26.8 Å². The second-order valence-corrected chi connectivity index (χ2v) is 4.55. The first-order valence-electron chi connectivity index (χ1n) is 6.56. The molecule has 0 spiro atoms. The van der Waals surface area contributed by atoms with Gasteiger partial charge in [-0.1, -0.05) is 32.0 Å². The van der Waals surface area contributed by atoms with Crippen molar-refractivity contribution in [1.29, 1.82) is 0 Å². The SMILES string of the molecule is CCC(CO)CN(CC)Cc1ccccc1NO. The van der Waals surface area contributed by atoms with Crippen LogP contribution < -0.4 is 5.48 Å². The summed E-state index contributed by atoms with van der Waals surface area (Å²) in [7, 11) is 0. The third kappa shape index (κ3) is 4.29. The Kier molecular flexibility index (Phi) is 6.72. The maximum absolute atomic E-state index is 9.26. The van der Waals surface area contributed by atoms with Gasteiger partial charge in [0.1, 0.15) is 0 Å². The molecule has 0 saturated heterocycles. The van der Waals surface area contributed by atoms with Crippen molar-refractivity contribution in [3.63, 3.8) is 0 Å². The summed E-state index contributed by atoms with van der Waals surface area (Å²) in [5, 5.41) is 18.3. The zero-order valence-corrected chi connectivity index (χ0v) is 11.3. The minimum Gasteiger partial charge on any atom is -0.396 e. The van der Waals surface area contributed by atoms with E-state index in [0.29, 0.717) is 5.92 Å². The van der Waals surface area contributed by atoms with E-state index in [9.17, 15) is 5.11 Å². The van der Waals surface area contributed by atoms with E-state index in [1.165, 1.54) is 0 Å².